The molecule has 164 valence electrons. The molecule has 0 saturated heterocycles. The second-order valence-electron chi connectivity index (χ2n) is 8.13. The summed E-state index contributed by atoms with van der Waals surface area (Å²) >= 11 is 2.20. The maximum Gasteiger partial charge on any atom is 2.00 e. The van der Waals surface area contributed by atoms with E-state index in [2.05, 4.69) is 43.4 Å². The van der Waals surface area contributed by atoms with Crippen molar-refractivity contribution in [1.29, 1.82) is 0 Å². The van der Waals surface area contributed by atoms with E-state index in [9.17, 15) is 13.2 Å². The van der Waals surface area contributed by atoms with Gasteiger partial charge in [-0.25, -0.2) is 4.99 Å². The smallest absolute Gasteiger partial charge is 0.478 e. The van der Waals surface area contributed by atoms with E-state index in [0.717, 1.165) is 33.5 Å². The van der Waals surface area contributed by atoms with Gasteiger partial charge in [-0.2, -0.15) is 13.2 Å². The molecule has 1 heterocycles. The Kier molecular flexibility index (Phi) is 9.78. The van der Waals surface area contributed by atoms with Gasteiger partial charge in [0.25, 0.3) is 0 Å². The first-order valence-electron chi connectivity index (χ1n) is 9.58. The van der Waals surface area contributed by atoms with Crippen molar-refractivity contribution in [3.8, 4) is 0 Å². The Hall–Kier alpha value is -0.271. The van der Waals surface area contributed by atoms with E-state index in [4.69, 9.17) is 9.73 Å². The molecule has 0 N–H and O–H groups in total. The van der Waals surface area contributed by atoms with Crippen LogP contribution in [0, 0.1) is 66.1 Å². The number of benzene rings is 1. The van der Waals surface area contributed by atoms with Crippen LogP contribution in [0.3, 0.4) is 0 Å². The minimum Gasteiger partial charge on any atom is -0.478 e. The topological polar surface area (TPSA) is 21.6 Å². The van der Waals surface area contributed by atoms with Gasteiger partial charge in [-0.15, -0.1) is 0 Å². The summed E-state index contributed by atoms with van der Waals surface area (Å²) in [7, 11) is 0. The van der Waals surface area contributed by atoms with Gasteiger partial charge in [0.1, 0.15) is 6.61 Å². The van der Waals surface area contributed by atoms with E-state index < -0.39 is 11.7 Å². The Morgan fingerprint density at radius 3 is 1.94 bits per heavy atom. The molecule has 4 rings (SSSR count). The Balaban J connectivity index is 0.000000501. The molecule has 10 radical (unpaired) electrons. The molecule has 31 heavy (non-hydrogen) atoms. The summed E-state index contributed by atoms with van der Waals surface area (Å²) in [6.07, 6.45) is 9.50. The number of hydrogen-bond acceptors (Lipinski definition) is 2. The monoisotopic (exact) mass is 581 g/mol. The van der Waals surface area contributed by atoms with E-state index in [-0.39, 0.29) is 28.5 Å². The van der Waals surface area contributed by atoms with Crippen molar-refractivity contribution < 1.29 is 35.0 Å². The number of alkyl halides is 3. The van der Waals surface area contributed by atoms with E-state index in [0.29, 0.717) is 12.5 Å². The Morgan fingerprint density at radius 1 is 0.935 bits per heavy atom. The molecule has 2 saturated carbocycles. The van der Waals surface area contributed by atoms with Crippen molar-refractivity contribution in [2.75, 3.05) is 6.61 Å². The largest absolute Gasteiger partial charge is 2.00 e. The fourth-order valence-electron chi connectivity index (χ4n) is 3.02. The van der Waals surface area contributed by atoms with Gasteiger partial charge >= 0.3 is 23.2 Å². The average molecular weight is 581 g/mol. The molecule has 0 amide bonds. The number of nitrogens with zero attached hydrogens (tertiary/aromatic N) is 1. The van der Waals surface area contributed by atoms with E-state index in [1.54, 1.807) is 0 Å². The molecule has 2 nitrogen and oxygen atoms in total. The molecule has 0 bridgehead atoms. The van der Waals surface area contributed by atoms with Crippen LogP contribution in [-0.2, 0) is 28.0 Å². The molecular formula is C24H23F3FeINO+2. The number of ether oxygens (including phenoxy) is 1. The molecule has 1 atom stereocenters. The molecule has 0 unspecified atom stereocenters. The van der Waals surface area contributed by atoms with Crippen LogP contribution in [0.5, 0.6) is 0 Å². The summed E-state index contributed by atoms with van der Waals surface area (Å²) in [6.45, 7) is 6.85. The van der Waals surface area contributed by atoms with E-state index in [1.165, 1.54) is 12.1 Å². The normalized spacial score (nSPS) is 23.1. The minimum atomic E-state index is -4.33. The Morgan fingerprint density at radius 2 is 1.48 bits per heavy atom. The van der Waals surface area contributed by atoms with Crippen molar-refractivity contribution in [2.45, 2.75) is 33.0 Å². The van der Waals surface area contributed by atoms with Crippen molar-refractivity contribution >= 4 is 28.5 Å². The second kappa shape index (κ2) is 11.2. The van der Waals surface area contributed by atoms with Crippen LogP contribution in [0.15, 0.2) is 29.3 Å². The van der Waals surface area contributed by atoms with E-state index in [1.807, 2.05) is 44.9 Å². The van der Waals surface area contributed by atoms with Crippen LogP contribution in [0.1, 0.15) is 31.9 Å². The maximum absolute atomic E-state index is 12.8. The third-order valence-corrected chi connectivity index (χ3v) is 5.75. The molecule has 1 aromatic rings. The number of rotatable bonds is 2. The van der Waals surface area contributed by atoms with Gasteiger partial charge in [-0.3, -0.25) is 0 Å². The zero-order valence-electron chi connectivity index (χ0n) is 17.4. The molecule has 1 aromatic carbocycles. The number of halogens is 4. The molecule has 0 spiro atoms. The maximum atomic E-state index is 12.8. The van der Waals surface area contributed by atoms with Crippen LogP contribution in [0.2, 0.25) is 0 Å². The third-order valence-electron chi connectivity index (χ3n) is 4.85. The van der Waals surface area contributed by atoms with Gasteiger partial charge < -0.3 is 4.74 Å². The second-order valence-corrected chi connectivity index (χ2v) is 9.30. The first kappa shape index (κ1) is 27.0. The summed E-state index contributed by atoms with van der Waals surface area (Å²) in [5.41, 5.74) is 0.0617. The molecule has 1 aliphatic heterocycles. The minimum absolute atomic E-state index is 0. The van der Waals surface area contributed by atoms with Gasteiger partial charge in [0.2, 0.25) is 0 Å². The van der Waals surface area contributed by atoms with Gasteiger partial charge in [-0.05, 0) is 68.1 Å². The fourth-order valence-corrected chi connectivity index (χ4v) is 3.72. The van der Waals surface area contributed by atoms with Crippen LogP contribution in [0.25, 0.3) is 0 Å². The average Bonchev–Trinajstić information content (AvgIpc) is 3.43. The summed E-state index contributed by atoms with van der Waals surface area (Å²) in [6, 6.07) is 5.26. The molecule has 0 aromatic heterocycles. The molecule has 3 aliphatic rings. The standard InChI is InChI=1S/C19H18F3INO.C5H5.Fe/c1-18(2,3)15-10-25-17(24-15)16-13(8-9-14(16)23)11-4-6-12(7-5-11)19(20,21)22;1-2-4-5-3-1;/h4-9,15H,10H2,1-3H3;1-5H;/q;;+2/t15-;;/m1../s1. The first-order valence-corrected chi connectivity index (χ1v) is 10.7. The molecule has 2 fully saturated rings. The predicted molar refractivity (Wildman–Crippen MR) is 121 cm³/mol. The summed E-state index contributed by atoms with van der Waals surface area (Å²) in [5, 5.41) is 0. The summed E-state index contributed by atoms with van der Waals surface area (Å²) < 4.78 is 45.1. The molecule has 7 heteroatoms. The van der Waals surface area contributed by atoms with Crippen molar-refractivity contribution in [1.82, 2.24) is 0 Å². The predicted octanol–water partition coefficient (Wildman–Crippen LogP) is 6.45. The quantitative estimate of drug-likeness (QED) is 0.291. The van der Waals surface area contributed by atoms with Crippen LogP contribution in [0.4, 0.5) is 13.2 Å². The van der Waals surface area contributed by atoms with Gasteiger partial charge in [0.15, 0.2) is 5.90 Å². The zero-order valence-corrected chi connectivity index (χ0v) is 20.6. The van der Waals surface area contributed by atoms with Gasteiger partial charge in [0.05, 0.1) is 21.4 Å². The summed E-state index contributed by atoms with van der Waals surface area (Å²) in [4.78, 5) is 4.72. The summed E-state index contributed by atoms with van der Waals surface area (Å²) in [5.74, 6) is 2.27. The van der Waals surface area contributed by atoms with Crippen molar-refractivity contribution in [2.24, 2.45) is 10.4 Å². The fraction of sp³-hybridized carbons (Fsp3) is 0.292. The Labute approximate surface area is 208 Å². The number of aliphatic imine (C=N–C) groups is 1. The van der Waals surface area contributed by atoms with Crippen molar-refractivity contribution in [3.63, 3.8) is 0 Å². The van der Waals surface area contributed by atoms with E-state index >= 15 is 0 Å². The van der Waals surface area contributed by atoms with Crippen LogP contribution in [-0.4, -0.2) is 18.5 Å². The third kappa shape index (κ3) is 7.10. The Bertz CT molecular complexity index is 718. The first-order chi connectivity index (χ1) is 14.1. The van der Waals surface area contributed by atoms with Crippen LogP contribution >= 0.6 is 22.6 Å². The zero-order chi connectivity index (χ0) is 21.9. The molecular weight excluding hydrogens is 558 g/mol. The van der Waals surface area contributed by atoms with Gasteiger partial charge in [0, 0.05) is 5.92 Å². The number of hydrogen-bond donors (Lipinski definition) is 0. The van der Waals surface area contributed by atoms with Crippen molar-refractivity contribution in [3.05, 3.63) is 96.1 Å². The van der Waals surface area contributed by atoms with Crippen LogP contribution < -0.4 is 0 Å². The van der Waals surface area contributed by atoms with Gasteiger partial charge in [-0.1, -0.05) is 55.5 Å². The SMILES string of the molecule is CC(C)(C)[C@H]1COC([C]2[C](I)[CH][CH][C]2c2ccc(C(F)(F)F)cc2)=N1.[CH]1[CH][CH][CH][CH]1.[Fe+2]. The molecule has 2 aliphatic carbocycles.